The SMILES string of the molecule is Cc1ccc(NS(=O)(=O)c2ccc(C(=O)Nc3ccc(N4CCCC4=O)cc3)cc2)cc1. The van der Waals surface area contributed by atoms with Crippen LogP contribution in [0.5, 0.6) is 0 Å². The molecule has 1 aliphatic heterocycles. The summed E-state index contributed by atoms with van der Waals surface area (Å²) in [4.78, 5) is 26.2. The van der Waals surface area contributed by atoms with Crippen molar-refractivity contribution in [3.05, 3.63) is 83.9 Å². The van der Waals surface area contributed by atoms with Gasteiger partial charge in [-0.3, -0.25) is 14.3 Å². The summed E-state index contributed by atoms with van der Waals surface area (Å²) in [6, 6.07) is 19.8. The van der Waals surface area contributed by atoms with E-state index < -0.39 is 10.0 Å². The van der Waals surface area contributed by atoms with Crippen molar-refractivity contribution < 1.29 is 18.0 Å². The van der Waals surface area contributed by atoms with Crippen molar-refractivity contribution in [2.24, 2.45) is 0 Å². The second-order valence-corrected chi connectivity index (χ2v) is 9.33. The minimum Gasteiger partial charge on any atom is -0.322 e. The van der Waals surface area contributed by atoms with E-state index in [4.69, 9.17) is 0 Å². The number of benzene rings is 3. The summed E-state index contributed by atoms with van der Waals surface area (Å²) in [5.74, 6) is -0.251. The van der Waals surface area contributed by atoms with Crippen LogP contribution < -0.4 is 14.9 Å². The zero-order chi connectivity index (χ0) is 22.7. The highest BCUT2D eigenvalue weighted by atomic mass is 32.2. The van der Waals surface area contributed by atoms with Gasteiger partial charge >= 0.3 is 0 Å². The van der Waals surface area contributed by atoms with Gasteiger partial charge in [0.1, 0.15) is 0 Å². The van der Waals surface area contributed by atoms with Crippen LogP contribution in [0.4, 0.5) is 17.1 Å². The van der Waals surface area contributed by atoms with Crippen LogP contribution in [-0.2, 0) is 14.8 Å². The number of anilines is 3. The van der Waals surface area contributed by atoms with Crippen molar-refractivity contribution >= 4 is 38.9 Å². The van der Waals surface area contributed by atoms with Crippen LogP contribution in [0, 0.1) is 6.92 Å². The molecule has 0 aromatic heterocycles. The first-order chi connectivity index (χ1) is 15.3. The Morgan fingerprint density at radius 2 is 1.50 bits per heavy atom. The molecule has 2 amide bonds. The zero-order valence-corrected chi connectivity index (χ0v) is 18.4. The lowest BCUT2D eigenvalue weighted by Crippen LogP contribution is -2.23. The summed E-state index contributed by atoms with van der Waals surface area (Å²) in [6.07, 6.45) is 1.41. The first kappa shape index (κ1) is 21.6. The summed E-state index contributed by atoms with van der Waals surface area (Å²) in [5.41, 5.74) is 3.22. The maximum atomic E-state index is 12.6. The van der Waals surface area contributed by atoms with E-state index >= 15 is 0 Å². The normalized spacial score (nSPS) is 13.8. The molecule has 0 spiro atoms. The molecule has 1 fully saturated rings. The summed E-state index contributed by atoms with van der Waals surface area (Å²) in [5, 5.41) is 2.78. The fourth-order valence-corrected chi connectivity index (χ4v) is 4.53. The molecule has 3 aromatic carbocycles. The van der Waals surface area contributed by atoms with E-state index in [1.54, 1.807) is 41.3 Å². The van der Waals surface area contributed by atoms with Crippen molar-refractivity contribution in [1.29, 1.82) is 0 Å². The molecule has 164 valence electrons. The lowest BCUT2D eigenvalue weighted by Gasteiger charge is -2.16. The molecule has 32 heavy (non-hydrogen) atoms. The molecule has 3 aromatic rings. The highest BCUT2D eigenvalue weighted by Gasteiger charge is 2.21. The zero-order valence-electron chi connectivity index (χ0n) is 17.5. The number of hydrogen-bond acceptors (Lipinski definition) is 4. The van der Waals surface area contributed by atoms with Gasteiger partial charge in [-0.05, 0) is 74.0 Å². The van der Waals surface area contributed by atoms with E-state index in [0.29, 0.717) is 29.9 Å². The van der Waals surface area contributed by atoms with E-state index in [-0.39, 0.29) is 16.7 Å². The van der Waals surface area contributed by atoms with Gasteiger partial charge in [0.15, 0.2) is 0 Å². The van der Waals surface area contributed by atoms with Crippen molar-refractivity contribution in [3.8, 4) is 0 Å². The van der Waals surface area contributed by atoms with Crippen molar-refractivity contribution in [1.82, 2.24) is 0 Å². The van der Waals surface area contributed by atoms with Gasteiger partial charge in [0.2, 0.25) is 5.91 Å². The number of nitrogens with zero attached hydrogens (tertiary/aromatic N) is 1. The van der Waals surface area contributed by atoms with Crippen LogP contribution in [0.2, 0.25) is 0 Å². The van der Waals surface area contributed by atoms with Gasteiger partial charge in [0.05, 0.1) is 4.90 Å². The third-order valence-electron chi connectivity index (χ3n) is 5.24. The molecule has 1 heterocycles. The lowest BCUT2D eigenvalue weighted by atomic mass is 10.2. The molecular formula is C24H23N3O4S. The minimum absolute atomic E-state index is 0.0641. The molecular weight excluding hydrogens is 426 g/mol. The van der Waals surface area contributed by atoms with Gasteiger partial charge in [-0.25, -0.2) is 8.42 Å². The highest BCUT2D eigenvalue weighted by Crippen LogP contribution is 2.23. The van der Waals surface area contributed by atoms with Gasteiger partial charge in [-0.2, -0.15) is 0 Å². The lowest BCUT2D eigenvalue weighted by molar-refractivity contribution is -0.117. The predicted octanol–water partition coefficient (Wildman–Crippen LogP) is 4.17. The van der Waals surface area contributed by atoms with Crippen LogP contribution >= 0.6 is 0 Å². The number of aryl methyl sites for hydroxylation is 1. The summed E-state index contributed by atoms with van der Waals surface area (Å²) in [7, 11) is -3.76. The Hall–Kier alpha value is -3.65. The van der Waals surface area contributed by atoms with E-state index in [2.05, 4.69) is 10.0 Å². The second-order valence-electron chi connectivity index (χ2n) is 7.65. The first-order valence-electron chi connectivity index (χ1n) is 10.2. The molecule has 1 saturated heterocycles. The predicted molar refractivity (Wildman–Crippen MR) is 124 cm³/mol. The Balaban J connectivity index is 1.41. The molecule has 2 N–H and O–H groups in total. The van der Waals surface area contributed by atoms with Crippen molar-refractivity contribution in [3.63, 3.8) is 0 Å². The van der Waals surface area contributed by atoms with Crippen LogP contribution in [0.3, 0.4) is 0 Å². The van der Waals surface area contributed by atoms with Gasteiger partial charge in [0.25, 0.3) is 15.9 Å². The van der Waals surface area contributed by atoms with E-state index in [1.165, 1.54) is 24.3 Å². The molecule has 1 aliphatic rings. The van der Waals surface area contributed by atoms with Gasteiger partial charge in [-0.1, -0.05) is 17.7 Å². The molecule has 0 bridgehead atoms. The monoisotopic (exact) mass is 449 g/mol. The van der Waals surface area contributed by atoms with Gasteiger partial charge in [0, 0.05) is 35.6 Å². The number of rotatable bonds is 6. The quantitative estimate of drug-likeness (QED) is 0.590. The first-order valence-corrected chi connectivity index (χ1v) is 11.7. The Bertz CT molecular complexity index is 1240. The molecule has 0 saturated carbocycles. The maximum Gasteiger partial charge on any atom is 0.261 e. The molecule has 0 unspecified atom stereocenters. The fourth-order valence-electron chi connectivity index (χ4n) is 3.47. The summed E-state index contributed by atoms with van der Waals surface area (Å²) < 4.78 is 27.7. The number of hydrogen-bond donors (Lipinski definition) is 2. The number of sulfonamides is 1. The Morgan fingerprint density at radius 1 is 0.875 bits per heavy atom. The Kier molecular flexibility index (Phi) is 5.96. The fraction of sp³-hybridized carbons (Fsp3) is 0.167. The van der Waals surface area contributed by atoms with Crippen LogP contribution in [0.15, 0.2) is 77.7 Å². The molecule has 8 heteroatoms. The minimum atomic E-state index is -3.76. The maximum absolute atomic E-state index is 12.6. The standard InChI is InChI=1S/C24H23N3O4S/c1-17-4-8-20(9-5-17)26-32(30,31)22-14-6-18(7-15-22)24(29)25-19-10-12-21(13-11-19)27-16-2-3-23(27)28/h4-15,26H,2-3,16H2,1H3,(H,25,29). The third kappa shape index (κ3) is 4.81. The van der Waals surface area contributed by atoms with E-state index in [0.717, 1.165) is 17.7 Å². The van der Waals surface area contributed by atoms with Gasteiger partial charge in [-0.15, -0.1) is 0 Å². The number of amides is 2. The van der Waals surface area contributed by atoms with Crippen molar-refractivity contribution in [2.45, 2.75) is 24.7 Å². The van der Waals surface area contributed by atoms with Crippen LogP contribution in [-0.4, -0.2) is 26.8 Å². The van der Waals surface area contributed by atoms with Crippen molar-refractivity contribution in [2.75, 3.05) is 21.5 Å². The Morgan fingerprint density at radius 3 is 2.09 bits per heavy atom. The average molecular weight is 450 g/mol. The van der Waals surface area contributed by atoms with Crippen LogP contribution in [0.1, 0.15) is 28.8 Å². The van der Waals surface area contributed by atoms with E-state index in [9.17, 15) is 18.0 Å². The molecule has 0 aliphatic carbocycles. The van der Waals surface area contributed by atoms with Crippen LogP contribution in [0.25, 0.3) is 0 Å². The third-order valence-corrected chi connectivity index (χ3v) is 6.64. The molecule has 7 nitrogen and oxygen atoms in total. The Labute approximate surface area is 187 Å². The smallest absolute Gasteiger partial charge is 0.261 e. The number of carbonyl (C=O) groups excluding carboxylic acids is 2. The largest absolute Gasteiger partial charge is 0.322 e. The molecule has 4 rings (SSSR count). The summed E-state index contributed by atoms with van der Waals surface area (Å²) >= 11 is 0. The average Bonchev–Trinajstić information content (AvgIpc) is 3.22. The van der Waals surface area contributed by atoms with E-state index in [1.807, 2.05) is 19.1 Å². The summed E-state index contributed by atoms with van der Waals surface area (Å²) in [6.45, 7) is 2.63. The molecule has 0 atom stereocenters. The topological polar surface area (TPSA) is 95.6 Å². The highest BCUT2D eigenvalue weighted by molar-refractivity contribution is 7.92. The number of nitrogens with one attached hydrogen (secondary N) is 2. The molecule has 0 radical (unpaired) electrons. The van der Waals surface area contributed by atoms with Gasteiger partial charge < -0.3 is 10.2 Å². The number of carbonyl (C=O) groups is 2. The second kappa shape index (κ2) is 8.84.